The van der Waals surface area contributed by atoms with Crippen LogP contribution in [0.4, 0.5) is 5.69 Å². The standard InChI is InChI=1S/C35H37Cl2N3O6S/c1-4-19-38-35(42)31(20-25-11-7-5-8-12-25)39(23-26-15-16-27(36)21-30(26)37)34(41)24-40(47(43,44)29-13-9-6-10-14-29)28-17-18-32(45-2)33(22-28)46-3/h5-18,21-22,31H,4,19-20,23-24H2,1-3H3,(H,38,42)/t31-/m0/s1. The van der Waals surface area contributed by atoms with Crippen molar-refractivity contribution in [2.75, 3.05) is 31.6 Å². The van der Waals surface area contributed by atoms with Crippen molar-refractivity contribution < 1.29 is 27.5 Å². The lowest BCUT2D eigenvalue weighted by Crippen LogP contribution is -2.53. The minimum atomic E-state index is -4.29. The smallest absolute Gasteiger partial charge is 0.264 e. The molecule has 9 nitrogen and oxygen atoms in total. The zero-order valence-electron chi connectivity index (χ0n) is 26.4. The second-order valence-corrected chi connectivity index (χ2v) is 13.3. The van der Waals surface area contributed by atoms with E-state index in [9.17, 15) is 18.0 Å². The van der Waals surface area contributed by atoms with Crippen molar-refractivity contribution in [1.29, 1.82) is 0 Å². The molecule has 4 aromatic carbocycles. The van der Waals surface area contributed by atoms with Crippen LogP contribution < -0.4 is 19.1 Å². The van der Waals surface area contributed by atoms with Gasteiger partial charge in [-0.05, 0) is 53.9 Å². The SMILES string of the molecule is CCCNC(=O)[C@H](Cc1ccccc1)N(Cc1ccc(Cl)cc1Cl)C(=O)CN(c1ccc(OC)c(OC)c1)S(=O)(=O)c1ccccc1. The highest BCUT2D eigenvalue weighted by molar-refractivity contribution is 7.92. The summed E-state index contributed by atoms with van der Waals surface area (Å²) in [4.78, 5) is 29.7. The largest absolute Gasteiger partial charge is 0.493 e. The molecule has 0 bridgehead atoms. The first-order chi connectivity index (χ1) is 22.6. The summed E-state index contributed by atoms with van der Waals surface area (Å²) in [6.07, 6.45) is 0.859. The van der Waals surface area contributed by atoms with Gasteiger partial charge in [0, 0.05) is 35.6 Å². The number of methoxy groups -OCH3 is 2. The van der Waals surface area contributed by atoms with Crippen LogP contribution in [-0.4, -0.2) is 58.5 Å². The predicted octanol–water partition coefficient (Wildman–Crippen LogP) is 6.37. The molecule has 0 heterocycles. The Morgan fingerprint density at radius 1 is 0.851 bits per heavy atom. The number of carbonyl (C=O) groups excluding carboxylic acids is 2. The van der Waals surface area contributed by atoms with Gasteiger partial charge in [-0.2, -0.15) is 0 Å². The Balaban J connectivity index is 1.84. The van der Waals surface area contributed by atoms with Crippen LogP contribution in [0.25, 0.3) is 0 Å². The number of sulfonamides is 1. The average molecular weight is 699 g/mol. The van der Waals surface area contributed by atoms with E-state index >= 15 is 0 Å². The molecule has 0 radical (unpaired) electrons. The lowest BCUT2D eigenvalue weighted by atomic mass is 10.0. The molecule has 0 unspecified atom stereocenters. The Hall–Kier alpha value is -4.25. The zero-order chi connectivity index (χ0) is 34.0. The summed E-state index contributed by atoms with van der Waals surface area (Å²) >= 11 is 12.7. The van der Waals surface area contributed by atoms with E-state index in [1.54, 1.807) is 42.5 Å². The number of nitrogens with one attached hydrogen (secondary N) is 1. The first-order valence-corrected chi connectivity index (χ1v) is 17.1. The Morgan fingerprint density at radius 2 is 1.51 bits per heavy atom. The van der Waals surface area contributed by atoms with Crippen molar-refractivity contribution in [2.45, 2.75) is 37.2 Å². The lowest BCUT2D eigenvalue weighted by Gasteiger charge is -2.34. The highest BCUT2D eigenvalue weighted by Crippen LogP contribution is 2.34. The number of rotatable bonds is 15. The van der Waals surface area contributed by atoms with Crippen LogP contribution in [0.3, 0.4) is 0 Å². The van der Waals surface area contributed by atoms with E-state index in [2.05, 4.69) is 5.32 Å². The number of halogens is 2. The topological polar surface area (TPSA) is 105 Å². The Bertz CT molecular complexity index is 1780. The van der Waals surface area contributed by atoms with Crippen LogP contribution in [0, 0.1) is 0 Å². The second-order valence-electron chi connectivity index (χ2n) is 10.6. The molecule has 2 amide bonds. The zero-order valence-corrected chi connectivity index (χ0v) is 28.7. The van der Waals surface area contributed by atoms with E-state index < -0.39 is 28.5 Å². The van der Waals surface area contributed by atoms with Crippen LogP contribution in [0.5, 0.6) is 11.5 Å². The first-order valence-electron chi connectivity index (χ1n) is 14.9. The van der Waals surface area contributed by atoms with Crippen LogP contribution in [0.1, 0.15) is 24.5 Å². The molecule has 4 aromatic rings. The van der Waals surface area contributed by atoms with Crippen LogP contribution in [0.2, 0.25) is 10.0 Å². The maximum Gasteiger partial charge on any atom is 0.264 e. The fourth-order valence-electron chi connectivity index (χ4n) is 4.98. The van der Waals surface area contributed by atoms with E-state index in [0.29, 0.717) is 34.3 Å². The second kappa shape index (κ2) is 16.5. The van der Waals surface area contributed by atoms with E-state index in [1.165, 1.54) is 43.4 Å². The summed E-state index contributed by atoms with van der Waals surface area (Å²) in [7, 11) is -1.39. The van der Waals surface area contributed by atoms with E-state index in [4.69, 9.17) is 32.7 Å². The van der Waals surface area contributed by atoms with Crippen molar-refractivity contribution in [3.05, 3.63) is 118 Å². The van der Waals surface area contributed by atoms with Gasteiger partial charge < -0.3 is 19.7 Å². The van der Waals surface area contributed by atoms with Gasteiger partial charge in [0.2, 0.25) is 11.8 Å². The van der Waals surface area contributed by atoms with E-state index in [0.717, 1.165) is 9.87 Å². The number of hydrogen-bond donors (Lipinski definition) is 1. The van der Waals surface area contributed by atoms with Gasteiger partial charge >= 0.3 is 0 Å². The highest BCUT2D eigenvalue weighted by Gasteiger charge is 2.35. The quantitative estimate of drug-likeness (QED) is 0.155. The molecule has 1 atom stereocenters. The molecular formula is C35H37Cl2N3O6S. The summed E-state index contributed by atoms with van der Waals surface area (Å²) in [6, 6.07) is 25.6. The van der Waals surface area contributed by atoms with Gasteiger partial charge in [-0.3, -0.25) is 13.9 Å². The molecule has 0 aliphatic heterocycles. The predicted molar refractivity (Wildman–Crippen MR) is 185 cm³/mol. The van der Waals surface area contributed by atoms with Crippen LogP contribution in [0.15, 0.2) is 102 Å². The third-order valence-corrected chi connectivity index (χ3v) is 9.82. The van der Waals surface area contributed by atoms with Crippen molar-refractivity contribution in [1.82, 2.24) is 10.2 Å². The number of hydrogen-bond acceptors (Lipinski definition) is 6. The highest BCUT2D eigenvalue weighted by atomic mass is 35.5. The first kappa shape index (κ1) is 35.6. The monoisotopic (exact) mass is 697 g/mol. The number of nitrogens with zero attached hydrogens (tertiary/aromatic N) is 2. The normalized spacial score (nSPS) is 11.8. The van der Waals surface area contributed by atoms with Gasteiger partial charge in [0.05, 0.1) is 24.8 Å². The molecule has 4 rings (SSSR count). The van der Waals surface area contributed by atoms with Gasteiger partial charge in [0.15, 0.2) is 11.5 Å². The van der Waals surface area contributed by atoms with Gasteiger partial charge in [0.1, 0.15) is 12.6 Å². The minimum absolute atomic E-state index is 0.0172. The fourth-order valence-corrected chi connectivity index (χ4v) is 6.88. The van der Waals surface area contributed by atoms with E-state index in [1.807, 2.05) is 37.3 Å². The van der Waals surface area contributed by atoms with Gasteiger partial charge in [-0.1, -0.05) is 84.7 Å². The summed E-state index contributed by atoms with van der Waals surface area (Å²) in [5.74, 6) is -0.346. The molecule has 47 heavy (non-hydrogen) atoms. The molecule has 12 heteroatoms. The lowest BCUT2D eigenvalue weighted by molar-refractivity contribution is -0.140. The van der Waals surface area contributed by atoms with Crippen LogP contribution >= 0.6 is 23.2 Å². The summed E-state index contributed by atoms with van der Waals surface area (Å²) in [6.45, 7) is 1.60. The summed E-state index contributed by atoms with van der Waals surface area (Å²) in [5, 5.41) is 3.63. The van der Waals surface area contributed by atoms with E-state index in [-0.39, 0.29) is 35.2 Å². The Morgan fingerprint density at radius 3 is 2.13 bits per heavy atom. The molecule has 0 aliphatic rings. The Kier molecular flexibility index (Phi) is 12.5. The summed E-state index contributed by atoms with van der Waals surface area (Å²) < 4.78 is 40.2. The fraction of sp³-hybridized carbons (Fsp3) is 0.257. The third-order valence-electron chi connectivity index (χ3n) is 7.44. The number of amides is 2. The molecule has 0 saturated carbocycles. The molecule has 0 aromatic heterocycles. The molecular weight excluding hydrogens is 661 g/mol. The van der Waals surface area contributed by atoms with Crippen molar-refractivity contribution in [3.8, 4) is 11.5 Å². The third kappa shape index (κ3) is 8.97. The van der Waals surface area contributed by atoms with Crippen molar-refractivity contribution in [3.63, 3.8) is 0 Å². The van der Waals surface area contributed by atoms with Crippen molar-refractivity contribution >= 4 is 50.7 Å². The maximum atomic E-state index is 14.6. The molecule has 0 spiro atoms. The average Bonchev–Trinajstić information content (AvgIpc) is 3.08. The molecule has 0 fully saturated rings. The number of ether oxygens (including phenoxy) is 2. The van der Waals surface area contributed by atoms with Crippen LogP contribution in [-0.2, 0) is 32.6 Å². The molecule has 0 saturated heterocycles. The number of benzene rings is 4. The molecule has 248 valence electrons. The Labute approximate surface area is 286 Å². The van der Waals surface area contributed by atoms with Crippen molar-refractivity contribution in [2.24, 2.45) is 0 Å². The number of anilines is 1. The van der Waals surface area contributed by atoms with Gasteiger partial charge in [-0.25, -0.2) is 8.42 Å². The minimum Gasteiger partial charge on any atom is -0.493 e. The molecule has 1 N–H and O–H groups in total. The maximum absolute atomic E-state index is 14.6. The summed E-state index contributed by atoms with van der Waals surface area (Å²) in [5.41, 5.74) is 1.52. The van der Waals surface area contributed by atoms with Gasteiger partial charge in [0.25, 0.3) is 10.0 Å². The molecule has 0 aliphatic carbocycles. The number of carbonyl (C=O) groups is 2. The van der Waals surface area contributed by atoms with Gasteiger partial charge in [-0.15, -0.1) is 0 Å².